The number of halogens is 7. The maximum Gasteiger partial charge on any atom is -0.0623 e. The minimum Gasteiger partial charge on any atom is -0.147 e. The molecule has 0 radical (unpaired) electrons. The van der Waals surface area contributed by atoms with Gasteiger partial charge in [-0.05, 0) is 0 Å². The third-order valence-corrected chi connectivity index (χ3v) is 0.667. The molecule has 0 nitrogen and oxygen atoms in total. The molecule has 0 atom stereocenters. The predicted molar refractivity (Wildman–Crippen MR) is 77.2 cm³/mol. The average Bonchev–Trinajstić information content (AvgIpc) is 1.72. The predicted octanol–water partition coefficient (Wildman–Crippen LogP) is 4.64. The van der Waals surface area contributed by atoms with Gasteiger partial charge in [0.2, 0.25) is 0 Å². The first kappa shape index (κ1) is 47.6. The molecule has 0 fully saturated rings. The van der Waals surface area contributed by atoms with Crippen molar-refractivity contribution in [1.82, 2.24) is 0 Å². The van der Waals surface area contributed by atoms with Gasteiger partial charge in [0, 0.05) is 0 Å². The highest BCUT2D eigenvalue weighted by atomic mass is 35.5. The van der Waals surface area contributed by atoms with Gasteiger partial charge in [-0.1, -0.05) is 36.4 Å². The third-order valence-electron chi connectivity index (χ3n) is 0.667. The Morgan fingerprint density at radius 2 is 0.308 bits per heavy atom. The van der Waals surface area contributed by atoms with Crippen LogP contribution in [0.2, 0.25) is 0 Å². The smallest absolute Gasteiger partial charge is 0.0623 e. The molecule has 1 aromatic rings. The normalized spacial score (nSPS) is 3.69. The second-order valence-corrected chi connectivity index (χ2v) is 1.15. The minimum atomic E-state index is 0. The molecule has 0 saturated heterocycles. The van der Waals surface area contributed by atoms with Crippen molar-refractivity contribution in [3.63, 3.8) is 0 Å². The number of benzene rings is 1. The second-order valence-electron chi connectivity index (χ2n) is 1.15. The van der Waals surface area contributed by atoms with Crippen molar-refractivity contribution >= 4 is 86.8 Å². The topological polar surface area (TPSA) is 0 Å². The van der Waals surface area contributed by atoms with Crippen LogP contribution in [0.5, 0.6) is 0 Å². The molecule has 0 aromatic heterocycles. The maximum absolute atomic E-state index is 2.00. The van der Waals surface area contributed by atoms with Gasteiger partial charge >= 0.3 is 0 Å². The van der Waals surface area contributed by atoms with Crippen molar-refractivity contribution < 1.29 is 0 Å². The fourth-order valence-corrected chi connectivity index (χ4v) is 0.385. The molecule has 7 heteroatoms. The van der Waals surface area contributed by atoms with E-state index >= 15 is 0 Å². The van der Waals surface area contributed by atoms with Crippen molar-refractivity contribution in [3.05, 3.63) is 36.4 Å². The van der Waals surface area contributed by atoms with Gasteiger partial charge in [0.25, 0.3) is 0 Å². The van der Waals surface area contributed by atoms with Crippen LogP contribution in [0, 0.1) is 0 Å². The van der Waals surface area contributed by atoms with Gasteiger partial charge in [0.15, 0.2) is 0 Å². The van der Waals surface area contributed by atoms with Gasteiger partial charge < -0.3 is 0 Å². The Kier molecular flexibility index (Phi) is 138. The largest absolute Gasteiger partial charge is 0.147 e. The van der Waals surface area contributed by atoms with Crippen LogP contribution in [-0.2, 0) is 0 Å². The van der Waals surface area contributed by atoms with Crippen LogP contribution in [0.25, 0.3) is 0 Å². The Morgan fingerprint density at radius 3 is 0.385 bits per heavy atom. The van der Waals surface area contributed by atoms with Crippen LogP contribution >= 0.6 is 86.8 Å². The zero-order chi connectivity index (χ0) is 4.24. The zero-order valence-electron chi connectivity index (χ0n) is 6.32. The van der Waals surface area contributed by atoms with E-state index < -0.39 is 0 Å². The first-order chi connectivity index (χ1) is 3.00. The molecule has 0 heterocycles. The van der Waals surface area contributed by atoms with Gasteiger partial charge in [0.05, 0.1) is 0 Å². The van der Waals surface area contributed by atoms with E-state index in [1.165, 1.54) is 0 Å². The number of hydrogen-bond donors (Lipinski definition) is 0. The standard InChI is InChI=1S/C6H6.7ClH/c1-2-4-6-5-3-1;;;;;;;/h1-6H;7*1H. The number of rotatable bonds is 0. The summed E-state index contributed by atoms with van der Waals surface area (Å²) in [4.78, 5) is 0. The van der Waals surface area contributed by atoms with E-state index in [-0.39, 0.29) is 86.8 Å². The van der Waals surface area contributed by atoms with E-state index in [0.717, 1.165) is 0 Å². The minimum absolute atomic E-state index is 0. The second kappa shape index (κ2) is 37.8. The van der Waals surface area contributed by atoms with Crippen molar-refractivity contribution in [2.75, 3.05) is 0 Å². The molecular weight excluding hydrogens is 320 g/mol. The van der Waals surface area contributed by atoms with Gasteiger partial charge in [-0.3, -0.25) is 0 Å². The summed E-state index contributed by atoms with van der Waals surface area (Å²) in [7, 11) is 0. The zero-order valence-corrected chi connectivity index (χ0v) is 12.0. The molecule has 0 unspecified atom stereocenters. The van der Waals surface area contributed by atoms with E-state index in [1.54, 1.807) is 0 Å². The molecule has 0 saturated carbocycles. The van der Waals surface area contributed by atoms with Crippen LogP contribution < -0.4 is 0 Å². The Balaban J connectivity index is -0.0000000103. The Hall–Kier alpha value is 1.25. The van der Waals surface area contributed by atoms with Crippen molar-refractivity contribution in [2.45, 2.75) is 0 Å². The van der Waals surface area contributed by atoms with Crippen molar-refractivity contribution in [1.29, 1.82) is 0 Å². The fourth-order valence-electron chi connectivity index (χ4n) is 0.385. The summed E-state index contributed by atoms with van der Waals surface area (Å²) in [6.45, 7) is 0. The number of hydrogen-bond acceptors (Lipinski definition) is 0. The molecule has 86 valence electrons. The van der Waals surface area contributed by atoms with Gasteiger partial charge in [-0.15, -0.1) is 86.8 Å². The lowest BCUT2D eigenvalue weighted by molar-refractivity contribution is 1.72. The van der Waals surface area contributed by atoms with Gasteiger partial charge in [-0.2, -0.15) is 0 Å². The fraction of sp³-hybridized carbons (Fsp3) is 0. The summed E-state index contributed by atoms with van der Waals surface area (Å²) in [6.07, 6.45) is 0. The van der Waals surface area contributed by atoms with E-state index in [1.807, 2.05) is 36.4 Å². The Labute approximate surface area is 123 Å². The van der Waals surface area contributed by atoms with Gasteiger partial charge in [0.1, 0.15) is 0 Å². The summed E-state index contributed by atoms with van der Waals surface area (Å²) in [5.41, 5.74) is 0. The average molecular weight is 333 g/mol. The quantitative estimate of drug-likeness (QED) is 0.649. The van der Waals surface area contributed by atoms with Crippen molar-refractivity contribution in [2.24, 2.45) is 0 Å². The third kappa shape index (κ3) is 31.9. The molecule has 0 amide bonds. The molecule has 0 N–H and O–H groups in total. The molecular formula is C6H13Cl7. The lowest BCUT2D eigenvalue weighted by atomic mass is 10.4. The first-order valence-electron chi connectivity index (χ1n) is 2.00. The molecule has 0 spiro atoms. The Morgan fingerprint density at radius 1 is 0.231 bits per heavy atom. The lowest BCUT2D eigenvalue weighted by Crippen LogP contribution is -1.47. The van der Waals surface area contributed by atoms with Crippen LogP contribution in [0.4, 0.5) is 0 Å². The molecule has 1 aromatic carbocycles. The summed E-state index contributed by atoms with van der Waals surface area (Å²) in [5.74, 6) is 0. The molecule has 0 aliphatic heterocycles. The Bertz CT molecular complexity index is 84.9. The van der Waals surface area contributed by atoms with Crippen LogP contribution in [0.3, 0.4) is 0 Å². The maximum atomic E-state index is 2.00. The highest BCUT2D eigenvalue weighted by Crippen LogP contribution is 1.79. The van der Waals surface area contributed by atoms with Crippen LogP contribution in [0.1, 0.15) is 0 Å². The molecule has 1 rings (SSSR count). The van der Waals surface area contributed by atoms with Crippen molar-refractivity contribution in [3.8, 4) is 0 Å². The molecule has 13 heavy (non-hydrogen) atoms. The van der Waals surface area contributed by atoms with E-state index in [0.29, 0.717) is 0 Å². The first-order valence-corrected chi connectivity index (χ1v) is 2.00. The van der Waals surface area contributed by atoms with Crippen LogP contribution in [-0.4, -0.2) is 0 Å². The summed E-state index contributed by atoms with van der Waals surface area (Å²) >= 11 is 0. The lowest BCUT2D eigenvalue weighted by Gasteiger charge is -1.69. The SMILES string of the molecule is Cl.Cl.Cl.Cl.Cl.Cl.Cl.c1ccccc1. The molecule has 0 bridgehead atoms. The van der Waals surface area contributed by atoms with Crippen LogP contribution in [0.15, 0.2) is 36.4 Å². The summed E-state index contributed by atoms with van der Waals surface area (Å²) < 4.78 is 0. The van der Waals surface area contributed by atoms with E-state index in [9.17, 15) is 0 Å². The van der Waals surface area contributed by atoms with E-state index in [4.69, 9.17) is 0 Å². The monoisotopic (exact) mass is 330 g/mol. The molecule has 0 aliphatic rings. The summed E-state index contributed by atoms with van der Waals surface area (Å²) in [6, 6.07) is 12.0. The van der Waals surface area contributed by atoms with Gasteiger partial charge in [-0.25, -0.2) is 0 Å². The van der Waals surface area contributed by atoms with E-state index in [2.05, 4.69) is 0 Å². The highest BCUT2D eigenvalue weighted by molar-refractivity contribution is 5.86. The molecule has 0 aliphatic carbocycles. The summed E-state index contributed by atoms with van der Waals surface area (Å²) in [5, 5.41) is 0. The highest BCUT2D eigenvalue weighted by Gasteiger charge is 1.57.